The van der Waals surface area contributed by atoms with E-state index < -0.39 is 24.1 Å². The molecular weight excluding hydrogens is 334 g/mol. The van der Waals surface area contributed by atoms with E-state index in [-0.39, 0.29) is 5.69 Å². The summed E-state index contributed by atoms with van der Waals surface area (Å²) >= 11 is 0. The van der Waals surface area contributed by atoms with Crippen LogP contribution >= 0.6 is 0 Å². The van der Waals surface area contributed by atoms with Gasteiger partial charge in [-0.3, -0.25) is 4.79 Å². The number of hydrogen-bond acceptors (Lipinski definition) is 5. The first kappa shape index (κ1) is 19.2. The van der Waals surface area contributed by atoms with Crippen LogP contribution in [0.25, 0.3) is 0 Å². The highest BCUT2D eigenvalue weighted by atomic mass is 16.5. The molecular formula is C19H21N3O4. The lowest BCUT2D eigenvalue weighted by atomic mass is 10.1. The lowest BCUT2D eigenvalue weighted by Crippen LogP contribution is -2.30. The molecule has 0 saturated heterocycles. The summed E-state index contributed by atoms with van der Waals surface area (Å²) in [6.45, 7) is 6.51. The van der Waals surface area contributed by atoms with Gasteiger partial charge in [-0.15, -0.1) is 0 Å². The number of aromatic nitrogens is 1. The normalized spacial score (nSPS) is 12.8. The van der Waals surface area contributed by atoms with Crippen LogP contribution in [0.15, 0.2) is 24.3 Å². The Bertz CT molecular complexity index is 877. The van der Waals surface area contributed by atoms with Gasteiger partial charge in [-0.05, 0) is 45.4 Å². The second-order valence-corrected chi connectivity index (χ2v) is 6.03. The zero-order valence-corrected chi connectivity index (χ0v) is 15.1. The van der Waals surface area contributed by atoms with Gasteiger partial charge in [-0.2, -0.15) is 5.26 Å². The number of carbonyl (C=O) groups is 2. The SMILES string of the molecule is Cc1[nH]c(C(=O)O[C@H](C)C(=O)Nc2ccccc2C#N)c(C)c1[C@@H](C)O. The van der Waals surface area contributed by atoms with Gasteiger partial charge in [0.1, 0.15) is 11.8 Å². The maximum Gasteiger partial charge on any atom is 0.355 e. The molecule has 7 nitrogen and oxygen atoms in total. The minimum Gasteiger partial charge on any atom is -0.448 e. The summed E-state index contributed by atoms with van der Waals surface area (Å²) in [6, 6.07) is 8.53. The molecule has 2 rings (SSSR count). The molecule has 1 amide bonds. The number of nitriles is 1. The summed E-state index contributed by atoms with van der Waals surface area (Å²) < 4.78 is 5.23. The molecule has 2 aromatic rings. The Kier molecular flexibility index (Phi) is 5.80. The Hall–Kier alpha value is -3.11. The molecule has 0 bridgehead atoms. The third kappa shape index (κ3) is 3.92. The molecule has 2 atom stereocenters. The lowest BCUT2D eigenvalue weighted by molar-refractivity contribution is -0.123. The van der Waals surface area contributed by atoms with Gasteiger partial charge in [0.05, 0.1) is 17.4 Å². The van der Waals surface area contributed by atoms with Gasteiger partial charge in [0, 0.05) is 11.3 Å². The molecule has 0 spiro atoms. The van der Waals surface area contributed by atoms with Crippen molar-refractivity contribution in [3.8, 4) is 6.07 Å². The van der Waals surface area contributed by atoms with Crippen molar-refractivity contribution in [3.05, 3.63) is 52.3 Å². The average Bonchev–Trinajstić information content (AvgIpc) is 2.89. The standard InChI is InChI=1S/C19H21N3O4/c1-10-16(12(3)23)11(2)21-17(10)19(25)26-13(4)18(24)22-15-8-6-5-7-14(15)9-20/h5-8,12-13,21,23H,1-4H3,(H,22,24)/t12-,13-/m1/s1. The maximum atomic E-state index is 12.4. The highest BCUT2D eigenvalue weighted by Gasteiger charge is 2.25. The number of hydrogen-bond donors (Lipinski definition) is 3. The van der Waals surface area contributed by atoms with Crippen LogP contribution in [0.3, 0.4) is 0 Å². The monoisotopic (exact) mass is 355 g/mol. The van der Waals surface area contributed by atoms with Crippen molar-refractivity contribution < 1.29 is 19.4 Å². The summed E-state index contributed by atoms with van der Waals surface area (Å²) in [4.78, 5) is 27.5. The summed E-state index contributed by atoms with van der Waals surface area (Å²) in [5.41, 5.74) is 2.77. The lowest BCUT2D eigenvalue weighted by Gasteiger charge is -2.14. The van der Waals surface area contributed by atoms with Gasteiger partial charge in [0.15, 0.2) is 6.10 Å². The van der Waals surface area contributed by atoms with E-state index in [0.717, 1.165) is 0 Å². The Balaban J connectivity index is 2.11. The number of nitrogens with zero attached hydrogens (tertiary/aromatic N) is 1. The zero-order valence-electron chi connectivity index (χ0n) is 15.1. The Labute approximate surface area is 151 Å². The molecule has 0 unspecified atom stereocenters. The van der Waals surface area contributed by atoms with Gasteiger partial charge < -0.3 is 20.1 Å². The van der Waals surface area contributed by atoms with Crippen LogP contribution in [0, 0.1) is 25.2 Å². The molecule has 1 heterocycles. The Morgan fingerprint density at radius 2 is 1.92 bits per heavy atom. The number of aliphatic hydroxyl groups excluding tert-OH is 1. The van der Waals surface area contributed by atoms with Crippen molar-refractivity contribution in [2.24, 2.45) is 0 Å². The smallest absolute Gasteiger partial charge is 0.355 e. The molecule has 0 radical (unpaired) electrons. The number of nitrogens with one attached hydrogen (secondary N) is 2. The first-order valence-corrected chi connectivity index (χ1v) is 8.14. The predicted molar refractivity (Wildman–Crippen MR) is 95.6 cm³/mol. The number of para-hydroxylation sites is 1. The van der Waals surface area contributed by atoms with Crippen LogP contribution in [0.5, 0.6) is 0 Å². The van der Waals surface area contributed by atoms with Crippen molar-refractivity contribution in [2.45, 2.75) is 39.9 Å². The van der Waals surface area contributed by atoms with Gasteiger partial charge in [-0.25, -0.2) is 4.79 Å². The van der Waals surface area contributed by atoms with Gasteiger partial charge in [-0.1, -0.05) is 12.1 Å². The molecule has 26 heavy (non-hydrogen) atoms. The van der Waals surface area contributed by atoms with Gasteiger partial charge in [0.25, 0.3) is 5.91 Å². The quantitative estimate of drug-likeness (QED) is 0.713. The van der Waals surface area contributed by atoms with Crippen LogP contribution in [-0.2, 0) is 9.53 Å². The first-order chi connectivity index (χ1) is 12.3. The Morgan fingerprint density at radius 3 is 2.50 bits per heavy atom. The molecule has 136 valence electrons. The molecule has 0 aliphatic rings. The number of benzene rings is 1. The summed E-state index contributed by atoms with van der Waals surface area (Å²) in [6.07, 6.45) is -1.79. The molecule has 0 aliphatic heterocycles. The minimum atomic E-state index is -1.06. The van der Waals surface area contributed by atoms with Crippen LogP contribution in [0.4, 0.5) is 5.69 Å². The van der Waals surface area contributed by atoms with Gasteiger partial charge >= 0.3 is 5.97 Å². The number of aliphatic hydroxyl groups is 1. The van der Waals surface area contributed by atoms with Crippen molar-refractivity contribution >= 4 is 17.6 Å². The van der Waals surface area contributed by atoms with E-state index in [9.17, 15) is 14.7 Å². The van der Waals surface area contributed by atoms with Crippen LogP contribution in [0.2, 0.25) is 0 Å². The predicted octanol–water partition coefficient (Wildman–Crippen LogP) is 2.74. The third-order valence-corrected chi connectivity index (χ3v) is 4.08. The highest BCUT2D eigenvalue weighted by Crippen LogP contribution is 2.25. The van der Waals surface area contributed by atoms with Crippen molar-refractivity contribution in [2.75, 3.05) is 5.32 Å². The number of rotatable bonds is 5. The van der Waals surface area contributed by atoms with E-state index in [1.54, 1.807) is 45.0 Å². The molecule has 3 N–H and O–H groups in total. The van der Waals surface area contributed by atoms with E-state index >= 15 is 0 Å². The summed E-state index contributed by atoms with van der Waals surface area (Å²) in [7, 11) is 0. The molecule has 1 aromatic carbocycles. The number of ether oxygens (including phenoxy) is 1. The molecule has 0 fully saturated rings. The van der Waals surface area contributed by atoms with Crippen LogP contribution in [0.1, 0.15) is 52.8 Å². The molecule has 0 aliphatic carbocycles. The number of esters is 1. The minimum absolute atomic E-state index is 0.204. The second kappa shape index (κ2) is 7.85. The molecule has 0 saturated carbocycles. The number of carbonyl (C=O) groups excluding carboxylic acids is 2. The van der Waals surface area contributed by atoms with Crippen molar-refractivity contribution in [3.63, 3.8) is 0 Å². The van der Waals surface area contributed by atoms with Crippen LogP contribution < -0.4 is 5.32 Å². The Morgan fingerprint density at radius 1 is 1.27 bits per heavy atom. The van der Waals surface area contributed by atoms with Crippen molar-refractivity contribution in [1.29, 1.82) is 5.26 Å². The largest absolute Gasteiger partial charge is 0.448 e. The van der Waals surface area contributed by atoms with Gasteiger partial charge in [0.2, 0.25) is 0 Å². The summed E-state index contributed by atoms with van der Waals surface area (Å²) in [5, 5.41) is 21.4. The number of H-pyrrole nitrogens is 1. The number of aryl methyl sites for hydroxylation is 1. The average molecular weight is 355 g/mol. The maximum absolute atomic E-state index is 12.4. The van der Waals surface area contributed by atoms with E-state index in [2.05, 4.69) is 10.3 Å². The topological polar surface area (TPSA) is 115 Å². The highest BCUT2D eigenvalue weighted by molar-refractivity contribution is 5.98. The number of amides is 1. The second-order valence-electron chi connectivity index (χ2n) is 6.03. The van der Waals surface area contributed by atoms with E-state index in [1.165, 1.54) is 6.92 Å². The summed E-state index contributed by atoms with van der Waals surface area (Å²) in [5.74, 6) is -1.23. The third-order valence-electron chi connectivity index (χ3n) is 4.08. The fraction of sp³-hybridized carbons (Fsp3) is 0.316. The van der Waals surface area contributed by atoms with Crippen molar-refractivity contribution in [1.82, 2.24) is 4.98 Å². The number of aromatic amines is 1. The van der Waals surface area contributed by atoms with Crippen LogP contribution in [-0.4, -0.2) is 28.1 Å². The fourth-order valence-corrected chi connectivity index (χ4v) is 2.79. The molecule has 1 aromatic heterocycles. The molecule has 7 heteroatoms. The first-order valence-electron chi connectivity index (χ1n) is 8.14. The fourth-order valence-electron chi connectivity index (χ4n) is 2.79. The van der Waals surface area contributed by atoms with E-state index in [0.29, 0.717) is 28.1 Å². The van der Waals surface area contributed by atoms with E-state index in [4.69, 9.17) is 10.00 Å². The number of anilines is 1. The van der Waals surface area contributed by atoms with E-state index in [1.807, 2.05) is 6.07 Å². The zero-order chi connectivity index (χ0) is 19.4.